The number of allylic oxidation sites excluding steroid dienone is 2. The highest BCUT2D eigenvalue weighted by Gasteiger charge is 2.33. The molecule has 2 aliphatic rings. The summed E-state index contributed by atoms with van der Waals surface area (Å²) in [5, 5.41) is 4.26. The number of ether oxygens (including phenoxy) is 1. The lowest BCUT2D eigenvalue weighted by atomic mass is 9.82. The highest BCUT2D eigenvalue weighted by atomic mass is 32.1. The summed E-state index contributed by atoms with van der Waals surface area (Å²) in [6, 6.07) is 18.7. The van der Waals surface area contributed by atoms with E-state index in [1.54, 1.807) is 11.3 Å². The van der Waals surface area contributed by atoms with E-state index < -0.39 is 0 Å². The number of nitrogens with one attached hydrogen (secondary N) is 1. The molecule has 3 unspecified atom stereocenters. The predicted octanol–water partition coefficient (Wildman–Crippen LogP) is 4.36. The summed E-state index contributed by atoms with van der Waals surface area (Å²) >= 11 is 1.72. The van der Waals surface area contributed by atoms with Gasteiger partial charge in [0.2, 0.25) is 5.91 Å². The van der Waals surface area contributed by atoms with Gasteiger partial charge in [0.05, 0.1) is 33.9 Å². The molecule has 5 rings (SSSR count). The van der Waals surface area contributed by atoms with E-state index in [1.165, 1.54) is 10.3 Å². The fraction of sp³-hybridized carbons (Fsp3) is 0.385. The number of carbonyl (C=O) groups excluding carboxylic acids is 1. The SMILES string of the molecule is O=C(NCC1CN(Cc2ccccc2)CCO1)C1CC=CCC1c1nc2ccccc2s1. The Kier molecular flexibility index (Phi) is 6.62. The van der Waals surface area contributed by atoms with E-state index >= 15 is 0 Å². The molecule has 0 radical (unpaired) electrons. The van der Waals surface area contributed by atoms with Crippen molar-refractivity contribution < 1.29 is 9.53 Å². The van der Waals surface area contributed by atoms with Crippen LogP contribution in [-0.2, 0) is 16.1 Å². The van der Waals surface area contributed by atoms with Gasteiger partial charge in [-0.1, -0.05) is 54.6 Å². The molecule has 1 fully saturated rings. The van der Waals surface area contributed by atoms with E-state index in [1.807, 2.05) is 24.3 Å². The van der Waals surface area contributed by atoms with E-state index in [4.69, 9.17) is 9.72 Å². The number of thiazole rings is 1. The van der Waals surface area contributed by atoms with Crippen molar-refractivity contribution in [1.82, 2.24) is 15.2 Å². The second-order valence-corrected chi connectivity index (χ2v) is 9.70. The Hall–Kier alpha value is -2.54. The van der Waals surface area contributed by atoms with E-state index in [0.717, 1.165) is 43.0 Å². The van der Waals surface area contributed by atoms with Crippen LogP contribution >= 0.6 is 11.3 Å². The molecule has 1 aromatic heterocycles. The molecule has 0 saturated carbocycles. The van der Waals surface area contributed by atoms with Crippen LogP contribution in [0.25, 0.3) is 10.2 Å². The van der Waals surface area contributed by atoms with Gasteiger partial charge < -0.3 is 10.1 Å². The van der Waals surface area contributed by atoms with Crippen molar-refractivity contribution in [3.8, 4) is 0 Å². The van der Waals surface area contributed by atoms with E-state index in [0.29, 0.717) is 13.2 Å². The lowest BCUT2D eigenvalue weighted by molar-refractivity contribution is -0.127. The molecule has 2 heterocycles. The minimum atomic E-state index is -0.0791. The summed E-state index contributed by atoms with van der Waals surface area (Å²) in [6.07, 6.45) is 5.97. The zero-order valence-electron chi connectivity index (χ0n) is 18.2. The number of carbonyl (C=O) groups is 1. The van der Waals surface area contributed by atoms with Crippen molar-refractivity contribution in [3.63, 3.8) is 0 Å². The molecule has 1 saturated heterocycles. The number of hydrogen-bond acceptors (Lipinski definition) is 5. The predicted molar refractivity (Wildman–Crippen MR) is 129 cm³/mol. The first-order chi connectivity index (χ1) is 15.8. The highest BCUT2D eigenvalue weighted by molar-refractivity contribution is 7.18. The lowest BCUT2D eigenvalue weighted by Gasteiger charge is -2.33. The number of morpholine rings is 1. The maximum absolute atomic E-state index is 13.2. The molecular formula is C26H29N3O2S. The van der Waals surface area contributed by atoms with Gasteiger partial charge in [-0.15, -0.1) is 11.3 Å². The number of aromatic nitrogens is 1. The van der Waals surface area contributed by atoms with Crippen LogP contribution in [0.5, 0.6) is 0 Å². The van der Waals surface area contributed by atoms with Gasteiger partial charge in [-0.25, -0.2) is 4.98 Å². The fourth-order valence-electron chi connectivity index (χ4n) is 4.66. The Balaban J connectivity index is 1.19. The number of hydrogen-bond donors (Lipinski definition) is 1. The summed E-state index contributed by atoms with van der Waals surface area (Å²) in [6.45, 7) is 3.93. The molecule has 0 bridgehead atoms. The maximum atomic E-state index is 13.2. The third-order valence-corrected chi connectivity index (χ3v) is 7.54. The van der Waals surface area contributed by atoms with Crippen LogP contribution in [0.3, 0.4) is 0 Å². The van der Waals surface area contributed by atoms with Gasteiger partial charge in [-0.05, 0) is 30.5 Å². The number of fused-ring (bicyclic) bond motifs is 1. The van der Waals surface area contributed by atoms with Gasteiger partial charge in [-0.3, -0.25) is 9.69 Å². The maximum Gasteiger partial charge on any atom is 0.224 e. The molecule has 2 aromatic carbocycles. The third-order valence-electron chi connectivity index (χ3n) is 6.37. The molecule has 1 aliphatic carbocycles. The number of rotatable bonds is 6. The Bertz CT molecular complexity index is 1050. The van der Waals surface area contributed by atoms with Crippen LogP contribution in [-0.4, -0.2) is 48.1 Å². The molecule has 3 atom stereocenters. The van der Waals surface area contributed by atoms with Crippen molar-refractivity contribution in [3.05, 3.63) is 77.3 Å². The first kappa shape index (κ1) is 21.3. The summed E-state index contributed by atoms with van der Waals surface area (Å²) in [4.78, 5) is 20.4. The van der Waals surface area contributed by atoms with Crippen molar-refractivity contribution in [2.45, 2.75) is 31.4 Å². The number of benzene rings is 2. The molecule has 3 aromatic rings. The van der Waals surface area contributed by atoms with Crippen LogP contribution in [0.4, 0.5) is 0 Å². The molecule has 1 aliphatic heterocycles. The standard InChI is InChI=1S/C26H29N3O2S/c30-25(27-16-20-18-29(14-15-31-20)17-19-8-2-1-3-9-19)21-10-4-5-11-22(21)26-28-23-12-6-7-13-24(23)32-26/h1-9,12-13,20-22H,10-11,14-18H2,(H,27,30). The Morgan fingerprint density at radius 1 is 1.09 bits per heavy atom. The lowest BCUT2D eigenvalue weighted by Crippen LogP contribution is -2.48. The van der Waals surface area contributed by atoms with Crippen LogP contribution in [0.1, 0.15) is 29.3 Å². The van der Waals surface area contributed by atoms with Gasteiger partial charge in [0.1, 0.15) is 0 Å². The molecular weight excluding hydrogens is 418 g/mol. The average molecular weight is 448 g/mol. The zero-order chi connectivity index (χ0) is 21.8. The first-order valence-corrected chi connectivity index (χ1v) is 12.2. The molecule has 32 heavy (non-hydrogen) atoms. The van der Waals surface area contributed by atoms with Crippen molar-refractivity contribution in [2.75, 3.05) is 26.2 Å². The fourth-order valence-corrected chi connectivity index (χ4v) is 5.81. The Labute approximate surface area is 193 Å². The minimum absolute atomic E-state index is 0.0245. The van der Waals surface area contributed by atoms with E-state index in [2.05, 4.69) is 52.7 Å². The monoisotopic (exact) mass is 447 g/mol. The molecule has 1 amide bonds. The number of para-hydroxylation sites is 1. The summed E-state index contributed by atoms with van der Waals surface area (Å²) in [7, 11) is 0. The topological polar surface area (TPSA) is 54.5 Å². The van der Waals surface area contributed by atoms with Crippen molar-refractivity contribution >= 4 is 27.5 Å². The summed E-state index contributed by atoms with van der Waals surface area (Å²) in [5.41, 5.74) is 2.33. The normalized spacial score (nSPS) is 23.9. The largest absolute Gasteiger partial charge is 0.374 e. The molecule has 1 N–H and O–H groups in total. The Morgan fingerprint density at radius 3 is 2.78 bits per heavy atom. The van der Waals surface area contributed by atoms with Gasteiger partial charge in [-0.2, -0.15) is 0 Å². The quantitative estimate of drug-likeness (QED) is 0.571. The van der Waals surface area contributed by atoms with E-state index in [-0.39, 0.29) is 23.8 Å². The second-order valence-electron chi connectivity index (χ2n) is 8.63. The number of nitrogens with zero attached hydrogens (tertiary/aromatic N) is 2. The van der Waals surface area contributed by atoms with E-state index in [9.17, 15) is 4.79 Å². The first-order valence-electron chi connectivity index (χ1n) is 11.4. The molecule has 6 heteroatoms. The zero-order valence-corrected chi connectivity index (χ0v) is 19.0. The van der Waals surface area contributed by atoms with Crippen LogP contribution < -0.4 is 5.32 Å². The van der Waals surface area contributed by atoms with Crippen molar-refractivity contribution in [2.24, 2.45) is 5.92 Å². The molecule has 0 spiro atoms. The van der Waals surface area contributed by atoms with Crippen molar-refractivity contribution in [1.29, 1.82) is 0 Å². The van der Waals surface area contributed by atoms with Gasteiger partial charge >= 0.3 is 0 Å². The van der Waals surface area contributed by atoms with Crippen LogP contribution in [0.2, 0.25) is 0 Å². The number of amides is 1. The Morgan fingerprint density at radius 2 is 1.91 bits per heavy atom. The summed E-state index contributed by atoms with van der Waals surface area (Å²) in [5.74, 6) is 0.172. The van der Waals surface area contributed by atoms with Crippen LogP contribution in [0.15, 0.2) is 66.7 Å². The van der Waals surface area contributed by atoms with Gasteiger partial charge in [0.15, 0.2) is 0 Å². The molecule has 166 valence electrons. The van der Waals surface area contributed by atoms with Gasteiger partial charge in [0, 0.05) is 32.1 Å². The van der Waals surface area contributed by atoms with Crippen LogP contribution in [0, 0.1) is 5.92 Å². The molecule has 5 nitrogen and oxygen atoms in total. The van der Waals surface area contributed by atoms with Gasteiger partial charge in [0.25, 0.3) is 0 Å². The highest BCUT2D eigenvalue weighted by Crippen LogP contribution is 2.38. The minimum Gasteiger partial charge on any atom is -0.374 e. The second kappa shape index (κ2) is 9.94. The third kappa shape index (κ3) is 4.93. The smallest absolute Gasteiger partial charge is 0.224 e. The summed E-state index contributed by atoms with van der Waals surface area (Å²) < 4.78 is 7.14. The average Bonchev–Trinajstić information content (AvgIpc) is 3.28.